The van der Waals surface area contributed by atoms with Crippen LogP contribution in [0.3, 0.4) is 0 Å². The number of hydrogen-bond donors (Lipinski definition) is 2. The summed E-state index contributed by atoms with van der Waals surface area (Å²) < 4.78 is 11.4. The second-order valence-electron chi connectivity index (χ2n) is 6.96. The number of nitrogens with one attached hydrogen (secondary N) is 2. The number of unbranched alkanes of at least 4 members (excludes halogenated alkanes) is 1. The zero-order valence-electron chi connectivity index (χ0n) is 18.2. The number of halogens is 1. The van der Waals surface area contributed by atoms with Crippen molar-refractivity contribution in [2.24, 2.45) is 4.99 Å². The van der Waals surface area contributed by atoms with Crippen LogP contribution in [-0.4, -0.2) is 29.6 Å². The van der Waals surface area contributed by atoms with Crippen molar-refractivity contribution in [3.8, 4) is 17.3 Å². The molecule has 0 aliphatic rings. The van der Waals surface area contributed by atoms with Crippen LogP contribution in [0.5, 0.6) is 5.88 Å². The third-order valence-corrected chi connectivity index (χ3v) is 4.54. The molecule has 31 heavy (non-hydrogen) atoms. The Bertz CT molecular complexity index is 957. The van der Waals surface area contributed by atoms with Crippen LogP contribution in [-0.2, 0) is 13.1 Å². The molecule has 3 aromatic rings. The van der Waals surface area contributed by atoms with Crippen molar-refractivity contribution < 1.29 is 9.15 Å². The smallest absolute Gasteiger partial charge is 0.226 e. The second kappa shape index (κ2) is 12.9. The average Bonchev–Trinajstić information content (AvgIpc) is 3.24. The Morgan fingerprint density at radius 1 is 1.13 bits per heavy atom. The summed E-state index contributed by atoms with van der Waals surface area (Å²) in [4.78, 5) is 13.2. The summed E-state index contributed by atoms with van der Waals surface area (Å²) in [7, 11) is 1.73. The van der Waals surface area contributed by atoms with Gasteiger partial charge in [-0.05, 0) is 31.5 Å². The van der Waals surface area contributed by atoms with Gasteiger partial charge in [0.2, 0.25) is 11.8 Å². The molecule has 2 heterocycles. The first kappa shape index (κ1) is 24.6. The maximum Gasteiger partial charge on any atom is 0.226 e. The van der Waals surface area contributed by atoms with Crippen molar-refractivity contribution in [3.63, 3.8) is 0 Å². The van der Waals surface area contributed by atoms with Gasteiger partial charge in [-0.25, -0.2) is 9.97 Å². The van der Waals surface area contributed by atoms with Crippen LogP contribution >= 0.6 is 24.0 Å². The fourth-order valence-corrected chi connectivity index (χ4v) is 2.79. The van der Waals surface area contributed by atoms with E-state index < -0.39 is 0 Å². The van der Waals surface area contributed by atoms with E-state index in [2.05, 4.69) is 39.4 Å². The van der Waals surface area contributed by atoms with Crippen LogP contribution < -0.4 is 15.4 Å². The number of oxazole rings is 1. The number of ether oxygens (including phenoxy) is 1. The topological polar surface area (TPSA) is 84.6 Å². The molecule has 0 amide bonds. The minimum Gasteiger partial charge on any atom is -0.477 e. The Labute approximate surface area is 200 Å². The second-order valence-corrected chi connectivity index (χ2v) is 6.96. The van der Waals surface area contributed by atoms with Crippen LogP contribution in [0, 0.1) is 6.92 Å². The zero-order chi connectivity index (χ0) is 21.2. The van der Waals surface area contributed by atoms with Gasteiger partial charge in [-0.2, -0.15) is 0 Å². The minimum atomic E-state index is 0. The average molecular weight is 535 g/mol. The largest absolute Gasteiger partial charge is 0.477 e. The Morgan fingerprint density at radius 3 is 2.65 bits per heavy atom. The number of benzene rings is 1. The maximum atomic E-state index is 5.79. The lowest BCUT2D eigenvalue weighted by atomic mass is 10.1. The van der Waals surface area contributed by atoms with E-state index in [0.29, 0.717) is 37.4 Å². The number of hydrogen-bond acceptors (Lipinski definition) is 5. The normalized spacial score (nSPS) is 11.0. The van der Waals surface area contributed by atoms with Crippen molar-refractivity contribution in [3.05, 3.63) is 65.7 Å². The van der Waals surface area contributed by atoms with Crippen molar-refractivity contribution in [1.82, 2.24) is 20.6 Å². The van der Waals surface area contributed by atoms with Crippen LogP contribution in [0.25, 0.3) is 11.5 Å². The molecule has 0 fully saturated rings. The van der Waals surface area contributed by atoms with E-state index in [4.69, 9.17) is 9.15 Å². The quantitative estimate of drug-likeness (QED) is 0.179. The summed E-state index contributed by atoms with van der Waals surface area (Å²) in [6.45, 7) is 5.92. The number of aryl methyl sites for hydroxylation is 1. The van der Waals surface area contributed by atoms with Crippen LogP contribution in [0.2, 0.25) is 0 Å². The van der Waals surface area contributed by atoms with Gasteiger partial charge in [0, 0.05) is 30.9 Å². The molecule has 0 aliphatic heterocycles. The molecular weight excluding hydrogens is 505 g/mol. The number of aliphatic imine (C=N–C) groups is 1. The minimum absolute atomic E-state index is 0. The zero-order valence-corrected chi connectivity index (χ0v) is 20.6. The Hall–Kier alpha value is -2.62. The summed E-state index contributed by atoms with van der Waals surface area (Å²) in [5.74, 6) is 1.94. The van der Waals surface area contributed by atoms with E-state index in [0.717, 1.165) is 29.7 Å². The first-order chi connectivity index (χ1) is 14.7. The summed E-state index contributed by atoms with van der Waals surface area (Å²) in [6.07, 6.45) is 5.50. The predicted octanol–water partition coefficient (Wildman–Crippen LogP) is 4.71. The fourth-order valence-electron chi connectivity index (χ4n) is 2.79. The van der Waals surface area contributed by atoms with Gasteiger partial charge in [0.05, 0.1) is 18.8 Å². The molecule has 0 unspecified atom stereocenters. The molecule has 0 spiro atoms. The van der Waals surface area contributed by atoms with E-state index in [1.165, 1.54) is 5.56 Å². The highest BCUT2D eigenvalue weighted by molar-refractivity contribution is 14.0. The monoisotopic (exact) mass is 535 g/mol. The van der Waals surface area contributed by atoms with Crippen molar-refractivity contribution in [2.75, 3.05) is 13.7 Å². The van der Waals surface area contributed by atoms with E-state index in [-0.39, 0.29) is 24.0 Å². The SMILES string of the molecule is CCCCOc1ncccc1CNC(=NC)NCc1coc(-c2ccc(C)cc2)n1.I. The number of rotatable bonds is 9. The van der Waals surface area contributed by atoms with Crippen molar-refractivity contribution in [1.29, 1.82) is 0 Å². The first-order valence-electron chi connectivity index (χ1n) is 10.2. The highest BCUT2D eigenvalue weighted by Crippen LogP contribution is 2.19. The molecule has 0 saturated carbocycles. The molecule has 2 N–H and O–H groups in total. The molecule has 0 bridgehead atoms. The van der Waals surface area contributed by atoms with Gasteiger partial charge in [-0.3, -0.25) is 4.99 Å². The molecule has 3 rings (SSSR count). The van der Waals surface area contributed by atoms with Crippen LogP contribution in [0.15, 0.2) is 58.3 Å². The molecule has 8 heteroatoms. The third kappa shape index (κ3) is 7.54. The lowest BCUT2D eigenvalue weighted by Crippen LogP contribution is -2.36. The van der Waals surface area contributed by atoms with Gasteiger partial charge >= 0.3 is 0 Å². The number of guanidine groups is 1. The van der Waals surface area contributed by atoms with Gasteiger partial charge in [-0.1, -0.05) is 37.1 Å². The molecule has 2 aromatic heterocycles. The molecular formula is C23H30IN5O2. The van der Waals surface area contributed by atoms with Gasteiger partial charge < -0.3 is 19.8 Å². The Morgan fingerprint density at radius 2 is 1.90 bits per heavy atom. The Balaban J connectivity index is 0.00000341. The molecule has 0 saturated heterocycles. The molecule has 0 atom stereocenters. The van der Waals surface area contributed by atoms with Crippen molar-refractivity contribution in [2.45, 2.75) is 39.8 Å². The van der Waals surface area contributed by atoms with E-state index in [1.54, 1.807) is 19.5 Å². The molecule has 0 radical (unpaired) electrons. The number of aromatic nitrogens is 2. The van der Waals surface area contributed by atoms with Crippen LogP contribution in [0.4, 0.5) is 0 Å². The maximum absolute atomic E-state index is 5.79. The lowest BCUT2D eigenvalue weighted by Gasteiger charge is -2.13. The van der Waals surface area contributed by atoms with E-state index in [1.807, 2.05) is 36.4 Å². The number of nitrogens with zero attached hydrogens (tertiary/aromatic N) is 3. The van der Waals surface area contributed by atoms with Gasteiger partial charge in [0.25, 0.3) is 0 Å². The lowest BCUT2D eigenvalue weighted by molar-refractivity contribution is 0.294. The molecule has 0 aliphatic carbocycles. The van der Waals surface area contributed by atoms with E-state index in [9.17, 15) is 0 Å². The summed E-state index contributed by atoms with van der Waals surface area (Å²) >= 11 is 0. The van der Waals surface area contributed by atoms with E-state index >= 15 is 0 Å². The van der Waals surface area contributed by atoms with Crippen molar-refractivity contribution >= 4 is 29.9 Å². The third-order valence-electron chi connectivity index (χ3n) is 4.54. The van der Waals surface area contributed by atoms with Gasteiger partial charge in [-0.15, -0.1) is 24.0 Å². The Kier molecular flexibility index (Phi) is 10.3. The summed E-state index contributed by atoms with van der Waals surface area (Å²) in [6, 6.07) is 12.0. The van der Waals surface area contributed by atoms with Crippen LogP contribution in [0.1, 0.15) is 36.6 Å². The molecule has 166 valence electrons. The predicted molar refractivity (Wildman–Crippen MR) is 134 cm³/mol. The summed E-state index contributed by atoms with van der Waals surface area (Å²) in [5.41, 5.74) is 3.95. The highest BCUT2D eigenvalue weighted by atomic mass is 127. The molecule has 1 aromatic carbocycles. The summed E-state index contributed by atoms with van der Waals surface area (Å²) in [5, 5.41) is 6.55. The first-order valence-corrected chi connectivity index (χ1v) is 10.2. The standard InChI is InChI=1S/C23H29N5O2.HI/c1-4-5-13-29-21-19(7-6-12-25-21)14-26-23(24-3)27-15-20-16-30-22(28-20)18-10-8-17(2)9-11-18;/h6-12,16H,4-5,13-15H2,1-3H3,(H2,24,26,27);1H. The van der Waals surface area contributed by atoms with Gasteiger partial charge in [0.15, 0.2) is 5.96 Å². The van der Waals surface area contributed by atoms with Gasteiger partial charge in [0.1, 0.15) is 6.26 Å². The fraction of sp³-hybridized carbons (Fsp3) is 0.348. The highest BCUT2D eigenvalue weighted by Gasteiger charge is 2.09. The molecule has 7 nitrogen and oxygen atoms in total. The number of pyridine rings is 1.